The summed E-state index contributed by atoms with van der Waals surface area (Å²) in [7, 11) is 1.64. The van der Waals surface area contributed by atoms with Crippen molar-refractivity contribution in [2.24, 2.45) is 0 Å². The molecule has 0 aromatic heterocycles. The lowest BCUT2D eigenvalue weighted by Gasteiger charge is -2.15. The number of thioether (sulfide) groups is 1. The van der Waals surface area contributed by atoms with Gasteiger partial charge in [0.25, 0.3) is 5.91 Å². The van der Waals surface area contributed by atoms with E-state index in [1.807, 2.05) is 61.5 Å². The second kappa shape index (κ2) is 8.17. The van der Waals surface area contributed by atoms with Crippen LogP contribution in [0, 0.1) is 0 Å². The Morgan fingerprint density at radius 3 is 2.62 bits per heavy atom. The molecule has 29 heavy (non-hydrogen) atoms. The van der Waals surface area contributed by atoms with Gasteiger partial charge in [0.05, 0.1) is 12.8 Å². The van der Waals surface area contributed by atoms with Gasteiger partial charge in [-0.1, -0.05) is 12.1 Å². The fourth-order valence-electron chi connectivity index (χ4n) is 3.62. The Morgan fingerprint density at radius 2 is 1.90 bits per heavy atom. The normalized spacial score (nSPS) is 12.5. The van der Waals surface area contributed by atoms with Crippen molar-refractivity contribution in [2.75, 3.05) is 29.6 Å². The van der Waals surface area contributed by atoms with Crippen LogP contribution >= 0.6 is 11.8 Å². The standard InChI is InChI=1S/C23H22N2O3S/c1-3-25-20-12-11-19(17-5-4-6-18(22(17)20)23(25)27)24-21(26)13-14-29-16-9-7-15(28-2)8-10-16/h4-12H,3,13-14H2,1-2H3,(H,24,26). The van der Waals surface area contributed by atoms with Crippen molar-refractivity contribution < 1.29 is 14.3 Å². The monoisotopic (exact) mass is 406 g/mol. The number of nitrogens with one attached hydrogen (secondary N) is 1. The van der Waals surface area contributed by atoms with Gasteiger partial charge in [0.2, 0.25) is 5.91 Å². The van der Waals surface area contributed by atoms with E-state index in [9.17, 15) is 9.59 Å². The summed E-state index contributed by atoms with van der Waals surface area (Å²) in [6.45, 7) is 2.59. The first-order valence-corrected chi connectivity index (χ1v) is 10.5. The van der Waals surface area contributed by atoms with Crippen molar-refractivity contribution in [3.05, 3.63) is 60.2 Å². The molecule has 0 unspecified atom stereocenters. The van der Waals surface area contributed by atoms with E-state index in [0.717, 1.165) is 32.8 Å². The highest BCUT2D eigenvalue weighted by Gasteiger charge is 2.29. The van der Waals surface area contributed by atoms with E-state index in [0.29, 0.717) is 24.3 Å². The number of amides is 2. The van der Waals surface area contributed by atoms with E-state index in [4.69, 9.17) is 4.74 Å². The van der Waals surface area contributed by atoms with Gasteiger partial charge in [0, 0.05) is 45.6 Å². The molecule has 0 aliphatic carbocycles. The first-order valence-electron chi connectivity index (χ1n) is 9.56. The quantitative estimate of drug-likeness (QED) is 0.564. The first-order chi connectivity index (χ1) is 14.1. The van der Waals surface area contributed by atoms with Gasteiger partial charge in [-0.15, -0.1) is 11.8 Å². The van der Waals surface area contributed by atoms with Crippen LogP contribution < -0.4 is 15.0 Å². The van der Waals surface area contributed by atoms with E-state index < -0.39 is 0 Å². The van der Waals surface area contributed by atoms with Crippen LogP contribution in [0.25, 0.3) is 10.8 Å². The zero-order chi connectivity index (χ0) is 20.4. The predicted molar refractivity (Wildman–Crippen MR) is 118 cm³/mol. The number of rotatable bonds is 7. The van der Waals surface area contributed by atoms with Gasteiger partial charge in [-0.3, -0.25) is 9.59 Å². The summed E-state index contributed by atoms with van der Waals surface area (Å²) >= 11 is 1.63. The zero-order valence-corrected chi connectivity index (χ0v) is 17.2. The second-order valence-electron chi connectivity index (χ2n) is 6.73. The Kier molecular flexibility index (Phi) is 5.45. The molecule has 1 N–H and O–H groups in total. The average Bonchev–Trinajstić information content (AvgIpc) is 3.03. The van der Waals surface area contributed by atoms with Gasteiger partial charge >= 0.3 is 0 Å². The van der Waals surface area contributed by atoms with Gasteiger partial charge < -0.3 is 15.0 Å². The van der Waals surface area contributed by atoms with E-state index >= 15 is 0 Å². The highest BCUT2D eigenvalue weighted by molar-refractivity contribution is 7.99. The molecular weight excluding hydrogens is 384 g/mol. The van der Waals surface area contributed by atoms with Gasteiger partial charge in [-0.2, -0.15) is 0 Å². The van der Waals surface area contributed by atoms with E-state index in [-0.39, 0.29) is 11.8 Å². The maximum Gasteiger partial charge on any atom is 0.258 e. The first kappa shape index (κ1) is 19.3. The number of hydrogen-bond acceptors (Lipinski definition) is 4. The minimum absolute atomic E-state index is 0.0208. The smallest absolute Gasteiger partial charge is 0.258 e. The van der Waals surface area contributed by atoms with E-state index in [1.54, 1.807) is 23.8 Å². The van der Waals surface area contributed by atoms with Crippen LogP contribution in [0.5, 0.6) is 5.75 Å². The molecule has 3 aromatic rings. The Morgan fingerprint density at radius 1 is 1.10 bits per heavy atom. The molecule has 5 nitrogen and oxygen atoms in total. The predicted octanol–water partition coefficient (Wildman–Crippen LogP) is 4.95. The molecule has 148 valence electrons. The molecule has 0 fully saturated rings. The summed E-state index contributed by atoms with van der Waals surface area (Å²) in [6, 6.07) is 17.3. The molecule has 0 saturated heterocycles. The summed E-state index contributed by atoms with van der Waals surface area (Å²) < 4.78 is 5.16. The second-order valence-corrected chi connectivity index (χ2v) is 7.90. The molecule has 1 heterocycles. The van der Waals surface area contributed by atoms with Crippen molar-refractivity contribution >= 4 is 45.7 Å². The number of benzene rings is 3. The minimum atomic E-state index is -0.0385. The lowest BCUT2D eigenvalue weighted by atomic mass is 10.0. The van der Waals surface area contributed by atoms with Crippen LogP contribution in [0.1, 0.15) is 23.7 Å². The largest absolute Gasteiger partial charge is 0.497 e. The Labute approximate surface area is 174 Å². The third-order valence-electron chi connectivity index (χ3n) is 5.03. The van der Waals surface area contributed by atoms with Crippen molar-refractivity contribution in [1.29, 1.82) is 0 Å². The van der Waals surface area contributed by atoms with Crippen LogP contribution in [0.3, 0.4) is 0 Å². The summed E-state index contributed by atoms with van der Waals surface area (Å²) in [6.07, 6.45) is 0.402. The van der Waals surface area contributed by atoms with Crippen LogP contribution in [-0.4, -0.2) is 31.2 Å². The molecule has 2 amide bonds. The Balaban J connectivity index is 1.45. The van der Waals surface area contributed by atoms with Gasteiger partial charge in [0.15, 0.2) is 0 Å². The number of carbonyl (C=O) groups excluding carboxylic acids is 2. The van der Waals surface area contributed by atoms with Crippen LogP contribution in [0.15, 0.2) is 59.5 Å². The fraction of sp³-hybridized carbons (Fsp3) is 0.217. The summed E-state index contributed by atoms with van der Waals surface area (Å²) in [5, 5.41) is 4.84. The fourth-order valence-corrected chi connectivity index (χ4v) is 4.47. The summed E-state index contributed by atoms with van der Waals surface area (Å²) in [5.74, 6) is 1.48. The third-order valence-corrected chi connectivity index (χ3v) is 6.05. The van der Waals surface area contributed by atoms with Crippen molar-refractivity contribution in [2.45, 2.75) is 18.2 Å². The lowest BCUT2D eigenvalue weighted by Crippen LogP contribution is -2.25. The number of ether oxygens (including phenoxy) is 1. The van der Waals surface area contributed by atoms with Crippen molar-refractivity contribution in [3.63, 3.8) is 0 Å². The van der Waals surface area contributed by atoms with Gasteiger partial charge in [-0.25, -0.2) is 0 Å². The molecule has 0 bridgehead atoms. The molecule has 1 aliphatic rings. The van der Waals surface area contributed by atoms with Crippen LogP contribution in [0.2, 0.25) is 0 Å². The molecule has 0 radical (unpaired) electrons. The van der Waals surface area contributed by atoms with Crippen LogP contribution in [0.4, 0.5) is 11.4 Å². The molecular formula is C23H22N2O3S. The van der Waals surface area contributed by atoms with Gasteiger partial charge in [-0.05, 0) is 49.4 Å². The van der Waals surface area contributed by atoms with Crippen molar-refractivity contribution in [3.8, 4) is 5.75 Å². The molecule has 0 saturated carbocycles. The SMILES string of the molecule is CCN1C(=O)c2cccc3c(NC(=O)CCSc4ccc(OC)cc4)ccc1c23. The Bertz CT molecular complexity index is 1080. The molecule has 3 aromatic carbocycles. The molecule has 0 atom stereocenters. The number of nitrogens with zero attached hydrogens (tertiary/aromatic N) is 1. The maximum atomic E-state index is 12.6. The van der Waals surface area contributed by atoms with Gasteiger partial charge in [0.1, 0.15) is 5.75 Å². The Hall–Kier alpha value is -2.99. The topological polar surface area (TPSA) is 58.6 Å². The summed E-state index contributed by atoms with van der Waals surface area (Å²) in [5.41, 5.74) is 2.36. The van der Waals surface area contributed by atoms with E-state index in [2.05, 4.69) is 5.32 Å². The summed E-state index contributed by atoms with van der Waals surface area (Å²) in [4.78, 5) is 28.0. The highest BCUT2D eigenvalue weighted by atomic mass is 32.2. The maximum absolute atomic E-state index is 12.6. The molecule has 0 spiro atoms. The van der Waals surface area contributed by atoms with Crippen LogP contribution in [-0.2, 0) is 4.79 Å². The zero-order valence-electron chi connectivity index (χ0n) is 16.4. The third kappa shape index (κ3) is 3.68. The number of hydrogen-bond donors (Lipinski definition) is 1. The van der Waals surface area contributed by atoms with Crippen molar-refractivity contribution in [1.82, 2.24) is 0 Å². The molecule has 4 rings (SSSR count). The number of anilines is 2. The number of carbonyl (C=O) groups is 2. The number of methoxy groups -OCH3 is 1. The van der Waals surface area contributed by atoms with E-state index in [1.165, 1.54) is 0 Å². The molecule has 6 heteroatoms. The lowest BCUT2D eigenvalue weighted by molar-refractivity contribution is -0.115. The minimum Gasteiger partial charge on any atom is -0.497 e. The molecule has 1 aliphatic heterocycles. The average molecular weight is 407 g/mol. The highest BCUT2D eigenvalue weighted by Crippen LogP contribution is 2.40.